The fraction of sp³-hybridized carbons (Fsp3) is 0.417. The Labute approximate surface area is 104 Å². The van der Waals surface area contributed by atoms with Crippen LogP contribution in [-0.2, 0) is 4.79 Å². The van der Waals surface area contributed by atoms with Crippen LogP contribution in [0.1, 0.15) is 22.5 Å². The first kappa shape index (κ1) is 12.5. The lowest BCUT2D eigenvalue weighted by Gasteiger charge is -2.21. The molecule has 0 saturated carbocycles. The highest BCUT2D eigenvalue weighted by molar-refractivity contribution is 5.97. The van der Waals surface area contributed by atoms with Crippen LogP contribution in [0.15, 0.2) is 18.3 Å². The van der Waals surface area contributed by atoms with E-state index in [1.54, 1.807) is 19.1 Å². The second kappa shape index (κ2) is 4.73. The van der Waals surface area contributed by atoms with E-state index < -0.39 is 18.1 Å². The van der Waals surface area contributed by atoms with E-state index in [1.807, 2.05) is 0 Å². The van der Waals surface area contributed by atoms with Gasteiger partial charge < -0.3 is 15.1 Å². The predicted octanol–water partition coefficient (Wildman–Crippen LogP) is 0.0500. The monoisotopic (exact) mass is 250 g/mol. The Bertz CT molecular complexity index is 489. The Morgan fingerprint density at radius 2 is 2.22 bits per heavy atom. The summed E-state index contributed by atoms with van der Waals surface area (Å²) in [5.74, 6) is -1.48. The molecule has 0 radical (unpaired) electrons. The summed E-state index contributed by atoms with van der Waals surface area (Å²) in [4.78, 5) is 28.4. The number of hydrogen-bond acceptors (Lipinski definition) is 4. The fourth-order valence-corrected chi connectivity index (χ4v) is 2.12. The molecule has 0 aliphatic carbocycles. The van der Waals surface area contributed by atoms with Crippen molar-refractivity contribution in [1.29, 1.82) is 0 Å². The van der Waals surface area contributed by atoms with Gasteiger partial charge in [-0.3, -0.25) is 9.78 Å². The summed E-state index contributed by atoms with van der Waals surface area (Å²) in [6, 6.07) is 2.19. The standard InChI is InChI=1S/C12H14N2O4/c1-7-4-8(2-3-13-7)11(16)14-6-9(15)5-10(14)12(17)18/h2-4,9-10,15H,5-6H2,1H3,(H,17,18). The van der Waals surface area contributed by atoms with Gasteiger partial charge in [-0.15, -0.1) is 0 Å². The zero-order valence-electron chi connectivity index (χ0n) is 9.91. The summed E-state index contributed by atoms with van der Waals surface area (Å²) in [7, 11) is 0. The molecule has 96 valence electrons. The number of carboxylic acids is 1. The molecule has 18 heavy (non-hydrogen) atoms. The number of rotatable bonds is 2. The van der Waals surface area contributed by atoms with E-state index in [1.165, 1.54) is 11.1 Å². The quantitative estimate of drug-likeness (QED) is 0.774. The smallest absolute Gasteiger partial charge is 0.326 e. The van der Waals surface area contributed by atoms with E-state index in [0.29, 0.717) is 11.3 Å². The van der Waals surface area contributed by atoms with Gasteiger partial charge in [0.1, 0.15) is 6.04 Å². The molecule has 2 unspecified atom stereocenters. The van der Waals surface area contributed by atoms with Gasteiger partial charge in [-0.1, -0.05) is 0 Å². The topological polar surface area (TPSA) is 90.7 Å². The predicted molar refractivity (Wildman–Crippen MR) is 62.1 cm³/mol. The van der Waals surface area contributed by atoms with Crippen molar-refractivity contribution in [2.45, 2.75) is 25.5 Å². The molecule has 0 aromatic carbocycles. The van der Waals surface area contributed by atoms with Crippen molar-refractivity contribution in [3.8, 4) is 0 Å². The zero-order chi connectivity index (χ0) is 13.3. The molecule has 2 heterocycles. The third kappa shape index (κ3) is 2.33. The van der Waals surface area contributed by atoms with E-state index in [-0.39, 0.29) is 18.9 Å². The van der Waals surface area contributed by atoms with Crippen LogP contribution in [0.4, 0.5) is 0 Å². The minimum atomic E-state index is -1.09. The van der Waals surface area contributed by atoms with Gasteiger partial charge in [-0.25, -0.2) is 4.79 Å². The molecule has 0 bridgehead atoms. The van der Waals surface area contributed by atoms with Gasteiger partial charge in [-0.2, -0.15) is 0 Å². The van der Waals surface area contributed by atoms with Gasteiger partial charge in [-0.05, 0) is 19.1 Å². The molecule has 1 aliphatic rings. The number of carboxylic acid groups (broad SMARTS) is 1. The third-order valence-electron chi connectivity index (χ3n) is 2.97. The Hall–Kier alpha value is -1.95. The van der Waals surface area contributed by atoms with Crippen LogP contribution < -0.4 is 0 Å². The van der Waals surface area contributed by atoms with Crippen molar-refractivity contribution in [1.82, 2.24) is 9.88 Å². The zero-order valence-corrected chi connectivity index (χ0v) is 9.91. The number of hydrogen-bond donors (Lipinski definition) is 2. The van der Waals surface area contributed by atoms with Crippen molar-refractivity contribution >= 4 is 11.9 Å². The molecule has 6 nitrogen and oxygen atoms in total. The lowest BCUT2D eigenvalue weighted by Crippen LogP contribution is -2.40. The van der Waals surface area contributed by atoms with Crippen LogP contribution in [0.25, 0.3) is 0 Å². The maximum absolute atomic E-state index is 12.2. The summed E-state index contributed by atoms with van der Waals surface area (Å²) in [5, 5.41) is 18.5. The Kier molecular flexibility index (Phi) is 3.29. The van der Waals surface area contributed by atoms with E-state index in [9.17, 15) is 14.7 Å². The Morgan fingerprint density at radius 3 is 2.83 bits per heavy atom. The molecule has 1 aromatic rings. The first-order valence-electron chi connectivity index (χ1n) is 5.63. The number of aliphatic hydroxyl groups is 1. The summed E-state index contributed by atoms with van der Waals surface area (Å²) < 4.78 is 0. The van der Waals surface area contributed by atoms with Crippen molar-refractivity contribution in [2.75, 3.05) is 6.54 Å². The summed E-state index contributed by atoms with van der Waals surface area (Å²) >= 11 is 0. The Balaban J connectivity index is 2.25. The number of β-amino-alcohol motifs (C(OH)–C–C–N with tert-alkyl or cyclic N) is 1. The van der Waals surface area contributed by atoms with Gasteiger partial charge in [0.2, 0.25) is 0 Å². The maximum atomic E-state index is 12.2. The first-order valence-corrected chi connectivity index (χ1v) is 5.63. The molecule has 1 aromatic heterocycles. The molecule has 6 heteroatoms. The SMILES string of the molecule is Cc1cc(C(=O)N2CC(O)CC2C(=O)O)ccn1. The van der Waals surface area contributed by atoms with Crippen LogP contribution in [-0.4, -0.2) is 50.7 Å². The number of amides is 1. The first-order chi connectivity index (χ1) is 8.49. The highest BCUT2D eigenvalue weighted by atomic mass is 16.4. The van der Waals surface area contributed by atoms with Gasteiger partial charge in [0.25, 0.3) is 5.91 Å². The van der Waals surface area contributed by atoms with Crippen LogP contribution in [0.3, 0.4) is 0 Å². The maximum Gasteiger partial charge on any atom is 0.326 e. The number of aliphatic carboxylic acids is 1. The van der Waals surface area contributed by atoms with Crippen LogP contribution >= 0.6 is 0 Å². The highest BCUT2D eigenvalue weighted by Gasteiger charge is 2.39. The number of pyridine rings is 1. The van der Waals surface area contributed by atoms with Crippen molar-refractivity contribution in [3.05, 3.63) is 29.6 Å². The molecule has 1 aliphatic heterocycles. The number of carbonyl (C=O) groups is 2. The molecule has 1 amide bonds. The number of nitrogens with zero attached hydrogens (tertiary/aromatic N) is 2. The van der Waals surface area contributed by atoms with Crippen LogP contribution in [0, 0.1) is 6.92 Å². The number of aryl methyl sites for hydroxylation is 1. The molecular formula is C12H14N2O4. The molecule has 0 spiro atoms. The number of likely N-dealkylation sites (tertiary alicyclic amines) is 1. The fourth-order valence-electron chi connectivity index (χ4n) is 2.12. The molecular weight excluding hydrogens is 236 g/mol. The van der Waals surface area contributed by atoms with E-state index in [2.05, 4.69) is 4.98 Å². The average molecular weight is 250 g/mol. The molecule has 2 N–H and O–H groups in total. The second-order valence-electron chi connectivity index (χ2n) is 4.39. The van der Waals surface area contributed by atoms with Crippen molar-refractivity contribution in [2.24, 2.45) is 0 Å². The van der Waals surface area contributed by atoms with Crippen molar-refractivity contribution in [3.63, 3.8) is 0 Å². The highest BCUT2D eigenvalue weighted by Crippen LogP contribution is 2.21. The second-order valence-corrected chi connectivity index (χ2v) is 4.39. The van der Waals surface area contributed by atoms with E-state index in [0.717, 1.165) is 0 Å². The van der Waals surface area contributed by atoms with Gasteiger partial charge in [0, 0.05) is 30.4 Å². The number of aliphatic hydroxyl groups excluding tert-OH is 1. The minimum absolute atomic E-state index is 0.0527. The normalized spacial score (nSPS) is 23.1. The average Bonchev–Trinajstić information content (AvgIpc) is 2.70. The van der Waals surface area contributed by atoms with E-state index >= 15 is 0 Å². The summed E-state index contributed by atoms with van der Waals surface area (Å²) in [5.41, 5.74) is 1.08. The van der Waals surface area contributed by atoms with Gasteiger partial charge >= 0.3 is 5.97 Å². The summed E-state index contributed by atoms with van der Waals surface area (Å²) in [6.07, 6.45) is 0.800. The van der Waals surface area contributed by atoms with Gasteiger partial charge in [0.15, 0.2) is 0 Å². The van der Waals surface area contributed by atoms with E-state index in [4.69, 9.17) is 5.11 Å². The third-order valence-corrected chi connectivity index (χ3v) is 2.97. The molecule has 1 fully saturated rings. The summed E-state index contributed by atoms with van der Waals surface area (Å²) in [6.45, 7) is 1.81. The van der Waals surface area contributed by atoms with Crippen LogP contribution in [0.2, 0.25) is 0 Å². The van der Waals surface area contributed by atoms with Gasteiger partial charge in [0.05, 0.1) is 6.10 Å². The molecule has 1 saturated heterocycles. The minimum Gasteiger partial charge on any atom is -0.480 e. The molecule has 2 rings (SSSR count). The lowest BCUT2D eigenvalue weighted by atomic mass is 10.1. The molecule has 2 atom stereocenters. The van der Waals surface area contributed by atoms with Crippen LogP contribution in [0.5, 0.6) is 0 Å². The Morgan fingerprint density at radius 1 is 1.50 bits per heavy atom. The van der Waals surface area contributed by atoms with Crippen molar-refractivity contribution < 1.29 is 19.8 Å². The number of aromatic nitrogens is 1. The number of carbonyl (C=O) groups excluding carboxylic acids is 1. The lowest BCUT2D eigenvalue weighted by molar-refractivity contribution is -0.141. The largest absolute Gasteiger partial charge is 0.480 e.